The molecule has 3 heterocycles. The van der Waals surface area contributed by atoms with Crippen LogP contribution >= 0.6 is 0 Å². The first-order valence-corrected chi connectivity index (χ1v) is 18.1. The zero-order chi connectivity index (χ0) is 35.5. The Morgan fingerprint density at radius 2 is 1.59 bits per heavy atom. The summed E-state index contributed by atoms with van der Waals surface area (Å²) in [5, 5.41) is 11.8. The summed E-state index contributed by atoms with van der Waals surface area (Å²) in [6, 6.07) is 25.1. The van der Waals surface area contributed by atoms with Crippen molar-refractivity contribution < 1.29 is 30.9 Å². The van der Waals surface area contributed by atoms with E-state index >= 15 is 0 Å². The summed E-state index contributed by atoms with van der Waals surface area (Å²) in [5.41, 5.74) is 10.3. The summed E-state index contributed by atoms with van der Waals surface area (Å²) in [5.74, 6) is 2.87. The summed E-state index contributed by atoms with van der Waals surface area (Å²) in [6.07, 6.45) is 5.49. The van der Waals surface area contributed by atoms with E-state index < -0.39 is 0 Å². The number of benzene rings is 3. The third-order valence-electron chi connectivity index (χ3n) is 10.3. The average Bonchev–Trinajstić information content (AvgIpc) is 3.47. The Labute approximate surface area is 317 Å². The molecule has 0 saturated heterocycles. The second kappa shape index (κ2) is 14.2. The molecule has 1 aliphatic carbocycles. The number of ether oxygens (including phenoxy) is 1. The number of aromatic nitrogens is 2. The van der Waals surface area contributed by atoms with Crippen LogP contribution in [-0.4, -0.2) is 27.0 Å². The molecule has 2 aromatic heterocycles. The normalized spacial score (nSPS) is 17.1. The zero-order valence-corrected chi connectivity index (χ0v) is 33.5. The molecule has 2 aliphatic rings. The van der Waals surface area contributed by atoms with Crippen molar-refractivity contribution in [1.29, 1.82) is 0 Å². The van der Waals surface area contributed by atoms with Crippen LogP contribution in [0, 0.1) is 6.07 Å². The summed E-state index contributed by atoms with van der Waals surface area (Å²) in [7, 11) is 0. The molecule has 1 unspecified atom stereocenters. The number of nitrogens with zero attached hydrogens (tertiary/aromatic N) is 4. The van der Waals surface area contributed by atoms with Crippen molar-refractivity contribution in [3.05, 3.63) is 118 Å². The quantitative estimate of drug-likeness (QED) is 0.165. The molecular weight excluding hydrogens is 812 g/mol. The van der Waals surface area contributed by atoms with Gasteiger partial charge in [0.05, 0.1) is 23.7 Å². The fourth-order valence-corrected chi connectivity index (χ4v) is 7.50. The maximum atomic E-state index is 10.9. The van der Waals surface area contributed by atoms with Gasteiger partial charge < -0.3 is 24.7 Å². The number of phenolic OH excluding ortho intramolecular Hbond substituents is 1. The van der Waals surface area contributed by atoms with Crippen molar-refractivity contribution in [2.75, 3.05) is 4.90 Å². The van der Waals surface area contributed by atoms with E-state index in [1.54, 1.807) is 12.3 Å². The van der Waals surface area contributed by atoms with Crippen LogP contribution in [0.4, 0.5) is 5.69 Å². The predicted octanol–water partition coefficient (Wildman–Crippen LogP) is 10.9. The smallest absolute Gasteiger partial charge is 0.217 e. The zero-order valence-electron chi connectivity index (χ0n) is 31.2. The van der Waals surface area contributed by atoms with Gasteiger partial charge in [-0.25, -0.2) is 4.98 Å². The number of anilines is 1. The van der Waals surface area contributed by atoms with Gasteiger partial charge in [-0.2, -0.15) is 0 Å². The predicted molar refractivity (Wildman–Crippen MR) is 204 cm³/mol. The molecule has 6 nitrogen and oxygen atoms in total. The number of pyridine rings is 2. The number of hydrogen-bond acceptors (Lipinski definition) is 6. The van der Waals surface area contributed by atoms with Crippen LogP contribution in [0.5, 0.6) is 17.4 Å². The van der Waals surface area contributed by atoms with E-state index in [-0.39, 0.29) is 44.3 Å². The van der Waals surface area contributed by atoms with Gasteiger partial charge in [0, 0.05) is 38.2 Å². The molecule has 0 fully saturated rings. The molecule has 0 amide bonds. The van der Waals surface area contributed by atoms with E-state index in [0.29, 0.717) is 34.9 Å². The van der Waals surface area contributed by atoms with Crippen molar-refractivity contribution in [3.63, 3.8) is 0 Å². The first kappa shape index (κ1) is 36.8. The minimum atomic E-state index is -0.0966. The minimum Gasteiger partial charge on any atom is -0.506 e. The Hall–Kier alpha value is -4.02. The van der Waals surface area contributed by atoms with E-state index in [2.05, 4.69) is 121 Å². The van der Waals surface area contributed by atoms with Crippen LogP contribution in [0.1, 0.15) is 131 Å². The van der Waals surface area contributed by atoms with Crippen LogP contribution in [-0.2, 0) is 32.9 Å². The summed E-state index contributed by atoms with van der Waals surface area (Å²) < 4.78 is 6.31. The largest absolute Gasteiger partial charge is 0.506 e. The molecule has 5 aromatic rings. The number of aromatic hydroxyl groups is 1. The molecule has 0 bridgehead atoms. The van der Waals surface area contributed by atoms with E-state index in [0.717, 1.165) is 35.2 Å². The van der Waals surface area contributed by atoms with E-state index in [4.69, 9.17) is 14.7 Å². The third-order valence-corrected chi connectivity index (χ3v) is 10.3. The van der Waals surface area contributed by atoms with Gasteiger partial charge in [0.25, 0.3) is 0 Å². The molecule has 1 N–H and O–H groups in total. The Morgan fingerprint density at radius 1 is 0.882 bits per heavy atom. The van der Waals surface area contributed by atoms with E-state index in [1.807, 2.05) is 18.3 Å². The monoisotopic (exact) mass is 860 g/mol. The summed E-state index contributed by atoms with van der Waals surface area (Å²) >= 11 is 0. The third kappa shape index (κ3) is 6.97. The molecule has 3 aromatic carbocycles. The molecule has 2 atom stereocenters. The van der Waals surface area contributed by atoms with Crippen molar-refractivity contribution in [1.82, 2.24) is 9.97 Å². The average molecular weight is 861 g/mol. The van der Waals surface area contributed by atoms with Gasteiger partial charge in [-0.3, -0.25) is 0 Å². The first-order chi connectivity index (χ1) is 23.8. The van der Waals surface area contributed by atoms with Gasteiger partial charge in [-0.05, 0) is 93.8 Å². The Bertz CT molecular complexity index is 2080. The van der Waals surface area contributed by atoms with Gasteiger partial charge >= 0.3 is 0 Å². The van der Waals surface area contributed by atoms with Crippen LogP contribution in [0.25, 0.3) is 10.9 Å². The van der Waals surface area contributed by atoms with Crippen LogP contribution < -0.4 is 9.64 Å². The number of phenols is 1. The maximum Gasteiger partial charge on any atom is 0.217 e. The van der Waals surface area contributed by atoms with Crippen LogP contribution in [0.2, 0.25) is 0 Å². The molecule has 7 heteroatoms. The number of hydrogen-bond donors (Lipinski definition) is 1. The molecule has 7 rings (SSSR count). The second-order valence-electron chi connectivity index (χ2n) is 16.0. The van der Waals surface area contributed by atoms with Crippen molar-refractivity contribution in [3.8, 4) is 17.4 Å². The molecule has 0 saturated carbocycles. The first-order valence-electron chi connectivity index (χ1n) is 18.1. The molecule has 0 radical (unpaired) electrons. The van der Waals surface area contributed by atoms with Gasteiger partial charge in [0.1, 0.15) is 11.3 Å². The van der Waals surface area contributed by atoms with Crippen LogP contribution in [0.15, 0.2) is 78.0 Å². The minimum absolute atomic E-state index is 0. The molecule has 51 heavy (non-hydrogen) atoms. The maximum absolute atomic E-state index is 10.9. The summed E-state index contributed by atoms with van der Waals surface area (Å²) in [6.45, 7) is 20.1. The van der Waals surface area contributed by atoms with E-state index in [9.17, 15) is 5.11 Å². The fraction of sp³-hybridized carbons (Fsp3) is 0.386. The van der Waals surface area contributed by atoms with Crippen molar-refractivity contribution in [2.45, 2.75) is 110 Å². The number of rotatable bonds is 7. The van der Waals surface area contributed by atoms with Crippen LogP contribution in [0.3, 0.4) is 0 Å². The number of aryl methyl sites for hydroxylation is 1. The molecule has 1 aliphatic heterocycles. The standard InChI is InChI=1S/C44H49N4O2.Pt/c1-25(2)30-20-35(26(3)4)41(36(21-30)27(5)6)48-42-34-13-11-10-12-28(34)14-16-37(42)46-43(48)31-19-33(24-45-23-31)50-39-17-15-29-18-32(44(7,8)9)22-38(49)40(29)47-39;/h10-13,15,17-18,20-27,37,42,49H,14,16H2,1-9H3;/q-1;/t37-,42?;/m0./s1. The molecular formula is C44H49N4O2Pt-. The van der Waals surface area contributed by atoms with Gasteiger partial charge in [0.2, 0.25) is 5.88 Å². The number of amidine groups is 1. The second-order valence-corrected chi connectivity index (χ2v) is 16.0. The summed E-state index contributed by atoms with van der Waals surface area (Å²) in [4.78, 5) is 17.3. The molecule has 0 spiro atoms. The van der Waals surface area contributed by atoms with E-state index in [1.165, 1.54) is 33.5 Å². The van der Waals surface area contributed by atoms with Gasteiger partial charge in [0.15, 0.2) is 0 Å². The Kier molecular flexibility index (Phi) is 10.2. The fourth-order valence-electron chi connectivity index (χ4n) is 7.50. The SMILES string of the molecule is CC(C)c1cc(C(C)C)c(N2C(c3[c-]c(Oc4ccc5cc(C(C)(C)C)cc(O)c5n4)cnc3)=N[C@H]3CCc4ccccc4C32)c(C(C)C)c1.[Pt]. The molecule has 268 valence electrons. The Balaban J connectivity index is 0.00000448. The van der Waals surface area contributed by atoms with Gasteiger partial charge in [-0.1, -0.05) is 117 Å². The number of aliphatic imine (C=N–C) groups is 1. The van der Waals surface area contributed by atoms with Crippen molar-refractivity contribution >= 4 is 22.4 Å². The van der Waals surface area contributed by atoms with Gasteiger partial charge in [-0.15, -0.1) is 0 Å². The van der Waals surface area contributed by atoms with Crippen molar-refractivity contribution in [2.24, 2.45) is 4.99 Å². The topological polar surface area (TPSA) is 70.8 Å². The number of fused-ring (bicyclic) bond motifs is 4. The Morgan fingerprint density at radius 3 is 2.25 bits per heavy atom.